The van der Waals surface area contributed by atoms with Crippen LogP contribution in [0.15, 0.2) is 24.3 Å². The average Bonchev–Trinajstić information content (AvgIpc) is 2.52. The van der Waals surface area contributed by atoms with Gasteiger partial charge in [-0.2, -0.15) is 0 Å². The highest BCUT2D eigenvalue weighted by Crippen LogP contribution is 2.09. The Morgan fingerprint density at radius 2 is 2.00 bits per heavy atom. The summed E-state index contributed by atoms with van der Waals surface area (Å²) in [5.74, 6) is 2.48. The number of nitrogens with one attached hydrogen (secondary N) is 1. The van der Waals surface area contributed by atoms with Crippen LogP contribution in [-0.2, 0) is 0 Å². The molecule has 1 heterocycles. The van der Waals surface area contributed by atoms with Crippen molar-refractivity contribution in [3.05, 3.63) is 35.4 Å². The molecule has 0 radical (unpaired) electrons. The number of carbonyl (C=O) groups excluding carboxylic acids is 1. The first-order valence-electron chi connectivity index (χ1n) is 7.37. The summed E-state index contributed by atoms with van der Waals surface area (Å²) in [5.41, 5.74) is 1.24. The molecule has 20 heavy (non-hydrogen) atoms. The SMILES string of the molecule is C#Cc1ccccc1C(=O)NCCCN1CCCCC1. The second-order valence-electron chi connectivity index (χ2n) is 5.20. The normalized spacial score (nSPS) is 15.6. The topological polar surface area (TPSA) is 32.3 Å². The van der Waals surface area contributed by atoms with Crippen LogP contribution in [0.4, 0.5) is 0 Å². The summed E-state index contributed by atoms with van der Waals surface area (Å²) in [4.78, 5) is 14.5. The highest BCUT2D eigenvalue weighted by molar-refractivity contribution is 5.96. The first-order valence-corrected chi connectivity index (χ1v) is 7.37. The molecular weight excluding hydrogens is 248 g/mol. The Balaban J connectivity index is 1.73. The van der Waals surface area contributed by atoms with Crippen LogP contribution in [0, 0.1) is 12.3 Å². The molecule has 0 atom stereocenters. The van der Waals surface area contributed by atoms with E-state index in [-0.39, 0.29) is 5.91 Å². The second kappa shape index (κ2) is 7.72. The largest absolute Gasteiger partial charge is 0.352 e. The summed E-state index contributed by atoms with van der Waals surface area (Å²) in [6.45, 7) is 4.17. The van der Waals surface area contributed by atoms with Gasteiger partial charge in [-0.05, 0) is 51.0 Å². The number of terminal acetylenes is 1. The van der Waals surface area contributed by atoms with Crippen LogP contribution in [0.2, 0.25) is 0 Å². The zero-order valence-corrected chi connectivity index (χ0v) is 11.9. The average molecular weight is 270 g/mol. The highest BCUT2D eigenvalue weighted by Gasteiger charge is 2.11. The molecule has 1 aliphatic heterocycles. The number of nitrogens with zero attached hydrogens (tertiary/aromatic N) is 1. The highest BCUT2D eigenvalue weighted by atomic mass is 16.1. The van der Waals surface area contributed by atoms with Gasteiger partial charge in [0.1, 0.15) is 0 Å². The Labute approximate surface area is 121 Å². The maximum Gasteiger partial charge on any atom is 0.252 e. The molecule has 0 aliphatic carbocycles. The number of carbonyl (C=O) groups is 1. The van der Waals surface area contributed by atoms with Crippen molar-refractivity contribution < 1.29 is 4.79 Å². The van der Waals surface area contributed by atoms with E-state index < -0.39 is 0 Å². The summed E-state index contributed by atoms with van der Waals surface area (Å²) in [6.07, 6.45) is 10.4. The predicted octanol–water partition coefficient (Wildman–Crippen LogP) is 2.27. The van der Waals surface area contributed by atoms with Crippen molar-refractivity contribution in [2.24, 2.45) is 0 Å². The van der Waals surface area contributed by atoms with Crippen molar-refractivity contribution in [3.63, 3.8) is 0 Å². The molecule has 106 valence electrons. The number of hydrogen-bond acceptors (Lipinski definition) is 2. The monoisotopic (exact) mass is 270 g/mol. The van der Waals surface area contributed by atoms with E-state index in [1.807, 2.05) is 12.1 Å². The Bertz CT molecular complexity index is 484. The van der Waals surface area contributed by atoms with E-state index in [1.165, 1.54) is 32.4 Å². The lowest BCUT2D eigenvalue weighted by Crippen LogP contribution is -2.33. The van der Waals surface area contributed by atoms with Crippen molar-refractivity contribution >= 4 is 5.91 Å². The van der Waals surface area contributed by atoms with Gasteiger partial charge in [-0.3, -0.25) is 4.79 Å². The number of hydrogen-bond donors (Lipinski definition) is 1. The van der Waals surface area contributed by atoms with Gasteiger partial charge in [-0.25, -0.2) is 0 Å². The third-order valence-corrected chi connectivity index (χ3v) is 3.71. The zero-order valence-electron chi connectivity index (χ0n) is 11.9. The molecular formula is C17H22N2O. The predicted molar refractivity (Wildman–Crippen MR) is 81.6 cm³/mol. The van der Waals surface area contributed by atoms with E-state index in [0.29, 0.717) is 17.7 Å². The number of piperidine rings is 1. The number of benzene rings is 1. The van der Waals surface area contributed by atoms with Gasteiger partial charge in [0, 0.05) is 12.1 Å². The molecule has 1 aliphatic rings. The molecule has 2 rings (SSSR count). The molecule has 0 spiro atoms. The Morgan fingerprint density at radius 3 is 2.75 bits per heavy atom. The lowest BCUT2D eigenvalue weighted by atomic mass is 10.1. The van der Waals surface area contributed by atoms with Gasteiger partial charge in [0.15, 0.2) is 0 Å². The van der Waals surface area contributed by atoms with Crippen LogP contribution in [0.3, 0.4) is 0 Å². The van der Waals surface area contributed by atoms with Crippen LogP contribution in [0.5, 0.6) is 0 Å². The van der Waals surface area contributed by atoms with Crippen molar-refractivity contribution in [2.45, 2.75) is 25.7 Å². The third kappa shape index (κ3) is 4.11. The standard InChI is InChI=1S/C17H22N2O/c1-2-15-9-4-5-10-16(15)17(20)18-11-8-14-19-12-6-3-7-13-19/h1,4-5,9-10H,3,6-8,11-14H2,(H,18,20). The maximum absolute atomic E-state index is 12.1. The molecule has 1 aromatic carbocycles. The molecule has 3 heteroatoms. The molecule has 1 saturated heterocycles. The minimum absolute atomic E-state index is 0.0720. The molecule has 3 nitrogen and oxygen atoms in total. The van der Waals surface area contributed by atoms with E-state index in [9.17, 15) is 4.79 Å². The first-order chi connectivity index (χ1) is 9.81. The molecule has 1 N–H and O–H groups in total. The summed E-state index contributed by atoms with van der Waals surface area (Å²) in [7, 11) is 0. The molecule has 1 fully saturated rings. The maximum atomic E-state index is 12.1. The van der Waals surface area contributed by atoms with Crippen molar-refractivity contribution in [3.8, 4) is 12.3 Å². The first kappa shape index (κ1) is 14.6. The van der Waals surface area contributed by atoms with Gasteiger partial charge < -0.3 is 10.2 Å². The van der Waals surface area contributed by atoms with Crippen molar-refractivity contribution in [2.75, 3.05) is 26.2 Å². The van der Waals surface area contributed by atoms with Gasteiger partial charge in [-0.1, -0.05) is 24.5 Å². The van der Waals surface area contributed by atoms with Gasteiger partial charge in [0.2, 0.25) is 0 Å². The van der Waals surface area contributed by atoms with Gasteiger partial charge in [0.05, 0.1) is 5.56 Å². The fourth-order valence-electron chi connectivity index (χ4n) is 2.59. The van der Waals surface area contributed by atoms with Crippen LogP contribution in [0.1, 0.15) is 41.6 Å². The minimum atomic E-state index is -0.0720. The lowest BCUT2D eigenvalue weighted by molar-refractivity contribution is 0.0951. The second-order valence-corrected chi connectivity index (χ2v) is 5.20. The molecule has 0 aromatic heterocycles. The lowest BCUT2D eigenvalue weighted by Gasteiger charge is -2.26. The molecule has 1 aromatic rings. The number of rotatable bonds is 5. The minimum Gasteiger partial charge on any atom is -0.352 e. The Kier molecular flexibility index (Phi) is 5.64. The van der Waals surface area contributed by atoms with E-state index >= 15 is 0 Å². The quantitative estimate of drug-likeness (QED) is 0.657. The number of amides is 1. The summed E-state index contributed by atoms with van der Waals surface area (Å²) in [6, 6.07) is 7.25. The Morgan fingerprint density at radius 1 is 1.25 bits per heavy atom. The fraction of sp³-hybridized carbons (Fsp3) is 0.471. The smallest absolute Gasteiger partial charge is 0.252 e. The number of likely N-dealkylation sites (tertiary alicyclic amines) is 1. The van der Waals surface area contributed by atoms with Gasteiger partial charge in [0.25, 0.3) is 5.91 Å². The van der Waals surface area contributed by atoms with Crippen molar-refractivity contribution in [1.82, 2.24) is 10.2 Å². The van der Waals surface area contributed by atoms with E-state index in [1.54, 1.807) is 12.1 Å². The molecule has 0 unspecified atom stereocenters. The van der Waals surface area contributed by atoms with E-state index in [2.05, 4.69) is 16.1 Å². The molecule has 0 bridgehead atoms. The van der Waals surface area contributed by atoms with Crippen LogP contribution in [-0.4, -0.2) is 37.0 Å². The summed E-state index contributed by atoms with van der Waals surface area (Å²) < 4.78 is 0. The zero-order chi connectivity index (χ0) is 14.2. The van der Waals surface area contributed by atoms with Crippen molar-refractivity contribution in [1.29, 1.82) is 0 Å². The van der Waals surface area contributed by atoms with Crippen LogP contribution >= 0.6 is 0 Å². The molecule has 1 amide bonds. The third-order valence-electron chi connectivity index (χ3n) is 3.71. The summed E-state index contributed by atoms with van der Waals surface area (Å²) in [5, 5.41) is 2.95. The van der Waals surface area contributed by atoms with Gasteiger partial charge in [-0.15, -0.1) is 6.42 Å². The Hall–Kier alpha value is -1.79. The van der Waals surface area contributed by atoms with Gasteiger partial charge >= 0.3 is 0 Å². The fourth-order valence-corrected chi connectivity index (χ4v) is 2.59. The van der Waals surface area contributed by atoms with Crippen LogP contribution in [0.25, 0.3) is 0 Å². The van der Waals surface area contributed by atoms with Crippen LogP contribution < -0.4 is 5.32 Å². The molecule has 0 saturated carbocycles. The van der Waals surface area contributed by atoms with E-state index in [4.69, 9.17) is 6.42 Å². The van der Waals surface area contributed by atoms with E-state index in [0.717, 1.165) is 13.0 Å². The summed E-state index contributed by atoms with van der Waals surface area (Å²) >= 11 is 0.